The summed E-state index contributed by atoms with van der Waals surface area (Å²) in [6.45, 7) is 2.74. The Balaban J connectivity index is 1.97. The molecule has 2 aromatic rings. The summed E-state index contributed by atoms with van der Waals surface area (Å²) in [7, 11) is 1.99. The minimum absolute atomic E-state index is 0.113. The summed E-state index contributed by atoms with van der Waals surface area (Å²) >= 11 is 11.9. The van der Waals surface area contributed by atoms with Crippen LogP contribution in [0.3, 0.4) is 0 Å². The average molecular weight is 410 g/mol. The Morgan fingerprint density at radius 2 is 1.89 bits per heavy atom. The number of benzene rings is 1. The van der Waals surface area contributed by atoms with Crippen LogP contribution in [-0.2, 0) is 0 Å². The molecular weight excluding hydrogens is 393 g/mol. The van der Waals surface area contributed by atoms with Crippen molar-refractivity contribution in [3.8, 4) is 0 Å². The van der Waals surface area contributed by atoms with Crippen LogP contribution < -0.4 is 10.2 Å². The zero-order valence-electron chi connectivity index (χ0n) is 14.5. The van der Waals surface area contributed by atoms with Gasteiger partial charge >= 0.3 is 5.69 Å². The number of carbonyl (C=O) groups is 1. The Morgan fingerprint density at radius 3 is 2.48 bits per heavy atom. The molecule has 0 unspecified atom stereocenters. The number of nitro groups is 1. The number of nitro benzene ring substituents is 1. The lowest BCUT2D eigenvalue weighted by Crippen LogP contribution is -2.44. The first-order valence-electron chi connectivity index (χ1n) is 8.19. The molecule has 3 rings (SSSR count). The Labute approximate surface area is 165 Å². The molecular formula is C17H17Cl2N5O3. The molecule has 2 heterocycles. The summed E-state index contributed by atoms with van der Waals surface area (Å²) in [5.74, 6) is -0.422. The second-order valence-corrected chi connectivity index (χ2v) is 7.06. The number of piperazine rings is 1. The van der Waals surface area contributed by atoms with E-state index in [2.05, 4.69) is 15.2 Å². The van der Waals surface area contributed by atoms with Crippen LogP contribution in [0.5, 0.6) is 0 Å². The first kappa shape index (κ1) is 19.3. The number of rotatable bonds is 4. The molecule has 0 atom stereocenters. The van der Waals surface area contributed by atoms with E-state index in [9.17, 15) is 14.9 Å². The van der Waals surface area contributed by atoms with Gasteiger partial charge in [0.2, 0.25) is 0 Å². The molecule has 1 aromatic heterocycles. The van der Waals surface area contributed by atoms with Crippen molar-refractivity contribution in [3.63, 3.8) is 0 Å². The lowest BCUT2D eigenvalue weighted by atomic mass is 10.1. The number of hydrogen-bond donors (Lipinski definition) is 1. The SMILES string of the molecule is CN1CCN(c2cc(Cl)cc(C(=O)Nc3ccc(Cl)cn3)c2[N+](=O)[O-])CC1. The molecule has 10 heteroatoms. The zero-order chi connectivity index (χ0) is 19.6. The van der Waals surface area contributed by atoms with Crippen LogP contribution in [0.25, 0.3) is 0 Å². The largest absolute Gasteiger partial charge is 0.363 e. The number of hydrogen-bond acceptors (Lipinski definition) is 6. The molecule has 1 amide bonds. The minimum Gasteiger partial charge on any atom is -0.363 e. The van der Waals surface area contributed by atoms with Gasteiger partial charge in [0.15, 0.2) is 0 Å². The van der Waals surface area contributed by atoms with E-state index in [-0.39, 0.29) is 22.1 Å². The molecule has 1 fully saturated rings. The van der Waals surface area contributed by atoms with Crippen molar-refractivity contribution in [3.05, 3.63) is 56.2 Å². The number of anilines is 2. The van der Waals surface area contributed by atoms with Crippen molar-refractivity contribution in [1.29, 1.82) is 0 Å². The first-order chi connectivity index (χ1) is 12.8. The molecule has 0 aliphatic carbocycles. The van der Waals surface area contributed by atoms with E-state index in [1.807, 2.05) is 11.9 Å². The van der Waals surface area contributed by atoms with Crippen molar-refractivity contribution in [2.24, 2.45) is 0 Å². The van der Waals surface area contributed by atoms with Gasteiger partial charge in [0.25, 0.3) is 5.91 Å². The van der Waals surface area contributed by atoms with E-state index in [1.54, 1.807) is 6.07 Å². The molecule has 1 saturated heterocycles. The van der Waals surface area contributed by atoms with Crippen LogP contribution in [0.4, 0.5) is 17.2 Å². The molecule has 1 aromatic carbocycles. The Kier molecular flexibility index (Phi) is 5.79. The minimum atomic E-state index is -0.658. The summed E-state index contributed by atoms with van der Waals surface area (Å²) in [6, 6.07) is 5.90. The summed E-state index contributed by atoms with van der Waals surface area (Å²) < 4.78 is 0. The number of halogens is 2. The quantitative estimate of drug-likeness (QED) is 0.614. The fourth-order valence-corrected chi connectivity index (χ4v) is 3.20. The predicted molar refractivity (Wildman–Crippen MR) is 105 cm³/mol. The van der Waals surface area contributed by atoms with Gasteiger partial charge in [0.05, 0.1) is 9.95 Å². The molecule has 142 valence electrons. The molecule has 1 N–H and O–H groups in total. The van der Waals surface area contributed by atoms with Crippen molar-refractivity contribution in [2.75, 3.05) is 43.4 Å². The number of nitrogens with one attached hydrogen (secondary N) is 1. The van der Waals surface area contributed by atoms with E-state index in [0.717, 1.165) is 13.1 Å². The summed E-state index contributed by atoms with van der Waals surface area (Å²) in [5.41, 5.74) is -0.0385. The van der Waals surface area contributed by atoms with E-state index < -0.39 is 10.8 Å². The van der Waals surface area contributed by atoms with E-state index in [1.165, 1.54) is 24.4 Å². The van der Waals surface area contributed by atoms with Crippen molar-refractivity contribution < 1.29 is 9.72 Å². The lowest BCUT2D eigenvalue weighted by Gasteiger charge is -2.33. The van der Waals surface area contributed by atoms with Crippen molar-refractivity contribution >= 4 is 46.3 Å². The van der Waals surface area contributed by atoms with Crippen molar-refractivity contribution in [1.82, 2.24) is 9.88 Å². The van der Waals surface area contributed by atoms with Gasteiger partial charge in [-0.1, -0.05) is 23.2 Å². The molecule has 0 radical (unpaired) electrons. The van der Waals surface area contributed by atoms with Crippen LogP contribution in [0.1, 0.15) is 10.4 Å². The molecule has 1 aliphatic rings. The van der Waals surface area contributed by atoms with Crippen LogP contribution in [0, 0.1) is 10.1 Å². The van der Waals surface area contributed by atoms with Gasteiger partial charge in [-0.2, -0.15) is 0 Å². The summed E-state index contributed by atoms with van der Waals surface area (Å²) in [4.78, 5) is 31.9. The maximum absolute atomic E-state index is 12.7. The summed E-state index contributed by atoms with van der Waals surface area (Å²) in [5, 5.41) is 15.0. The third kappa shape index (κ3) is 4.47. The lowest BCUT2D eigenvalue weighted by molar-refractivity contribution is -0.384. The predicted octanol–water partition coefficient (Wildman–Crippen LogP) is 3.30. The third-order valence-corrected chi connectivity index (χ3v) is 4.74. The van der Waals surface area contributed by atoms with E-state index in [4.69, 9.17) is 23.2 Å². The number of carbonyl (C=O) groups excluding carboxylic acids is 1. The van der Waals surface area contributed by atoms with Gasteiger partial charge in [-0.05, 0) is 31.3 Å². The standard InChI is InChI=1S/C17H17Cl2N5O3/c1-22-4-6-23(7-5-22)14-9-12(19)8-13(16(14)24(26)27)17(25)21-15-3-2-11(18)10-20-15/h2-3,8-10H,4-7H2,1H3,(H,20,21,25). The summed E-state index contributed by atoms with van der Waals surface area (Å²) in [6.07, 6.45) is 1.37. The van der Waals surface area contributed by atoms with E-state index >= 15 is 0 Å². The number of amides is 1. The highest BCUT2D eigenvalue weighted by Gasteiger charge is 2.30. The highest BCUT2D eigenvalue weighted by Crippen LogP contribution is 2.36. The first-order valence-corrected chi connectivity index (χ1v) is 8.95. The Morgan fingerprint density at radius 1 is 1.19 bits per heavy atom. The maximum atomic E-state index is 12.7. The number of aromatic nitrogens is 1. The monoisotopic (exact) mass is 409 g/mol. The van der Waals surface area contributed by atoms with Crippen LogP contribution in [-0.4, -0.2) is 53.9 Å². The van der Waals surface area contributed by atoms with Gasteiger partial charge in [0, 0.05) is 37.4 Å². The fraction of sp³-hybridized carbons (Fsp3) is 0.294. The van der Waals surface area contributed by atoms with Gasteiger partial charge in [-0.3, -0.25) is 14.9 Å². The molecule has 1 aliphatic heterocycles. The number of nitrogens with zero attached hydrogens (tertiary/aromatic N) is 4. The van der Waals surface area contributed by atoms with Gasteiger partial charge in [-0.25, -0.2) is 4.98 Å². The van der Waals surface area contributed by atoms with Crippen molar-refractivity contribution in [2.45, 2.75) is 0 Å². The highest BCUT2D eigenvalue weighted by atomic mass is 35.5. The number of likely N-dealkylation sites (N-methyl/N-ethyl adjacent to an activating group) is 1. The van der Waals surface area contributed by atoms with Crippen LogP contribution in [0.2, 0.25) is 10.0 Å². The molecule has 0 saturated carbocycles. The van der Waals surface area contributed by atoms with E-state index in [0.29, 0.717) is 23.8 Å². The number of pyridine rings is 1. The smallest absolute Gasteiger partial charge is 0.305 e. The van der Waals surface area contributed by atoms with Gasteiger partial charge < -0.3 is 15.1 Å². The van der Waals surface area contributed by atoms with Gasteiger partial charge in [0.1, 0.15) is 17.1 Å². The van der Waals surface area contributed by atoms with Gasteiger partial charge in [-0.15, -0.1) is 0 Å². The highest BCUT2D eigenvalue weighted by molar-refractivity contribution is 6.32. The molecule has 27 heavy (non-hydrogen) atoms. The van der Waals surface area contributed by atoms with Crippen LogP contribution in [0.15, 0.2) is 30.5 Å². The normalized spacial score (nSPS) is 14.9. The average Bonchev–Trinajstić information content (AvgIpc) is 2.63. The molecule has 8 nitrogen and oxygen atoms in total. The zero-order valence-corrected chi connectivity index (χ0v) is 16.0. The fourth-order valence-electron chi connectivity index (χ4n) is 2.87. The Hall–Kier alpha value is -2.42. The topological polar surface area (TPSA) is 91.6 Å². The second-order valence-electron chi connectivity index (χ2n) is 6.18. The molecule has 0 spiro atoms. The maximum Gasteiger partial charge on any atom is 0.305 e. The third-order valence-electron chi connectivity index (χ3n) is 4.29. The Bertz CT molecular complexity index is 868. The molecule has 0 bridgehead atoms. The van der Waals surface area contributed by atoms with Crippen LogP contribution >= 0.6 is 23.2 Å². The second kappa shape index (κ2) is 8.08.